The summed E-state index contributed by atoms with van der Waals surface area (Å²) >= 11 is 0. The predicted octanol–water partition coefficient (Wildman–Crippen LogP) is 1.76. The Bertz CT molecular complexity index is 384. The minimum Gasteiger partial charge on any atom is -0.497 e. The summed E-state index contributed by atoms with van der Waals surface area (Å²) in [5.74, 6) is 0.352. The van der Waals surface area contributed by atoms with Gasteiger partial charge in [-0.05, 0) is 25.5 Å². The highest BCUT2D eigenvalue weighted by Crippen LogP contribution is 2.19. The van der Waals surface area contributed by atoms with Crippen molar-refractivity contribution in [3.8, 4) is 5.75 Å². The van der Waals surface area contributed by atoms with Crippen LogP contribution in [-0.2, 0) is 6.54 Å². The van der Waals surface area contributed by atoms with E-state index >= 15 is 0 Å². The van der Waals surface area contributed by atoms with Gasteiger partial charge in [-0.1, -0.05) is 6.07 Å². The molecule has 0 unspecified atom stereocenters. The van der Waals surface area contributed by atoms with Gasteiger partial charge in [0.1, 0.15) is 11.6 Å². The molecule has 1 aliphatic rings. The van der Waals surface area contributed by atoms with Gasteiger partial charge in [0.25, 0.3) is 0 Å². The fraction of sp³-hybridized carbons (Fsp3) is 0.538. The number of rotatable bonds is 3. The predicted molar refractivity (Wildman–Crippen MR) is 65.4 cm³/mol. The number of halogens is 1. The SMILES string of the molecule is COc1ccc(CN2CCC[C@@H](N)C2)c(F)c1. The Morgan fingerprint density at radius 3 is 3.00 bits per heavy atom. The molecule has 1 aromatic carbocycles. The zero-order valence-corrected chi connectivity index (χ0v) is 10.2. The molecule has 0 saturated carbocycles. The number of piperidine rings is 1. The Morgan fingerprint density at radius 1 is 1.53 bits per heavy atom. The molecule has 4 heteroatoms. The molecule has 2 N–H and O–H groups in total. The molecular weight excluding hydrogens is 219 g/mol. The summed E-state index contributed by atoms with van der Waals surface area (Å²) in [6.45, 7) is 2.48. The maximum Gasteiger partial charge on any atom is 0.131 e. The summed E-state index contributed by atoms with van der Waals surface area (Å²) in [5, 5.41) is 0. The molecule has 17 heavy (non-hydrogen) atoms. The van der Waals surface area contributed by atoms with Crippen LogP contribution in [0.3, 0.4) is 0 Å². The largest absolute Gasteiger partial charge is 0.497 e. The van der Waals surface area contributed by atoms with Crippen LogP contribution < -0.4 is 10.5 Å². The molecule has 94 valence electrons. The molecule has 1 fully saturated rings. The molecule has 1 heterocycles. The second-order valence-electron chi connectivity index (χ2n) is 4.59. The maximum atomic E-state index is 13.8. The lowest BCUT2D eigenvalue weighted by atomic mass is 10.1. The maximum absolute atomic E-state index is 13.8. The van der Waals surface area contributed by atoms with Gasteiger partial charge in [-0.15, -0.1) is 0 Å². The first-order chi connectivity index (χ1) is 8.19. The highest BCUT2D eigenvalue weighted by Gasteiger charge is 2.17. The number of hydrogen-bond donors (Lipinski definition) is 1. The zero-order chi connectivity index (χ0) is 12.3. The van der Waals surface area contributed by atoms with E-state index < -0.39 is 0 Å². The second kappa shape index (κ2) is 5.47. The Labute approximate surface area is 101 Å². The van der Waals surface area contributed by atoms with E-state index in [-0.39, 0.29) is 11.9 Å². The molecule has 1 saturated heterocycles. The molecule has 0 bridgehead atoms. The van der Waals surface area contributed by atoms with Gasteiger partial charge in [0.15, 0.2) is 0 Å². The second-order valence-corrected chi connectivity index (χ2v) is 4.59. The Morgan fingerprint density at radius 2 is 2.35 bits per heavy atom. The van der Waals surface area contributed by atoms with Gasteiger partial charge in [0, 0.05) is 30.8 Å². The first kappa shape index (κ1) is 12.3. The standard InChI is InChI=1S/C13H19FN2O/c1-17-12-5-4-10(13(14)7-12)8-16-6-2-3-11(15)9-16/h4-5,7,11H,2-3,6,8-9,15H2,1H3/t11-/m1/s1. The zero-order valence-electron chi connectivity index (χ0n) is 10.2. The first-order valence-electron chi connectivity index (χ1n) is 5.99. The van der Waals surface area contributed by atoms with Crippen LogP contribution in [0.25, 0.3) is 0 Å². The number of likely N-dealkylation sites (tertiary alicyclic amines) is 1. The van der Waals surface area contributed by atoms with Gasteiger partial charge in [-0.3, -0.25) is 4.90 Å². The van der Waals surface area contributed by atoms with Crippen LogP contribution in [0.2, 0.25) is 0 Å². The van der Waals surface area contributed by atoms with Crippen molar-refractivity contribution in [3.63, 3.8) is 0 Å². The molecule has 0 radical (unpaired) electrons. The fourth-order valence-electron chi connectivity index (χ4n) is 2.26. The van der Waals surface area contributed by atoms with Crippen LogP contribution in [0, 0.1) is 5.82 Å². The Kier molecular flexibility index (Phi) is 3.97. The van der Waals surface area contributed by atoms with Crippen molar-refractivity contribution in [2.75, 3.05) is 20.2 Å². The molecular formula is C13H19FN2O. The summed E-state index contributed by atoms with van der Waals surface area (Å²) in [6.07, 6.45) is 2.17. The highest BCUT2D eigenvalue weighted by molar-refractivity contribution is 5.28. The third-order valence-electron chi connectivity index (χ3n) is 3.20. The van der Waals surface area contributed by atoms with E-state index in [2.05, 4.69) is 4.90 Å². The van der Waals surface area contributed by atoms with E-state index in [9.17, 15) is 4.39 Å². The van der Waals surface area contributed by atoms with Gasteiger partial charge in [0.05, 0.1) is 7.11 Å². The summed E-state index contributed by atoms with van der Waals surface area (Å²) in [7, 11) is 1.54. The summed E-state index contributed by atoms with van der Waals surface area (Å²) in [4.78, 5) is 2.21. The van der Waals surface area contributed by atoms with E-state index in [1.807, 2.05) is 0 Å². The van der Waals surface area contributed by atoms with Crippen molar-refractivity contribution in [2.45, 2.75) is 25.4 Å². The van der Waals surface area contributed by atoms with E-state index in [0.717, 1.165) is 25.9 Å². The molecule has 2 rings (SSSR count). The van der Waals surface area contributed by atoms with Crippen molar-refractivity contribution >= 4 is 0 Å². The van der Waals surface area contributed by atoms with Gasteiger partial charge in [0.2, 0.25) is 0 Å². The summed E-state index contributed by atoms with van der Waals surface area (Å²) < 4.78 is 18.7. The Balaban J connectivity index is 2.02. The van der Waals surface area contributed by atoms with Crippen molar-refractivity contribution in [1.82, 2.24) is 4.90 Å². The van der Waals surface area contributed by atoms with Gasteiger partial charge >= 0.3 is 0 Å². The van der Waals surface area contributed by atoms with Crippen molar-refractivity contribution < 1.29 is 9.13 Å². The van der Waals surface area contributed by atoms with Crippen LogP contribution in [0.5, 0.6) is 5.75 Å². The average molecular weight is 238 g/mol. The average Bonchev–Trinajstić information content (AvgIpc) is 2.32. The van der Waals surface area contributed by atoms with Gasteiger partial charge < -0.3 is 10.5 Å². The van der Waals surface area contributed by atoms with Crippen LogP contribution in [0.4, 0.5) is 4.39 Å². The molecule has 1 atom stereocenters. The number of hydrogen-bond acceptors (Lipinski definition) is 3. The lowest BCUT2D eigenvalue weighted by Gasteiger charge is -2.30. The molecule has 3 nitrogen and oxygen atoms in total. The van der Waals surface area contributed by atoms with Crippen LogP contribution in [0.1, 0.15) is 18.4 Å². The van der Waals surface area contributed by atoms with Gasteiger partial charge in [-0.25, -0.2) is 4.39 Å². The summed E-state index contributed by atoms with van der Waals surface area (Å²) in [5.41, 5.74) is 6.62. The minimum atomic E-state index is -0.205. The van der Waals surface area contributed by atoms with Crippen LogP contribution in [-0.4, -0.2) is 31.1 Å². The molecule has 0 spiro atoms. The molecule has 0 aliphatic carbocycles. The lowest BCUT2D eigenvalue weighted by Crippen LogP contribution is -2.42. The third kappa shape index (κ3) is 3.17. The molecule has 1 aromatic rings. The fourth-order valence-corrected chi connectivity index (χ4v) is 2.26. The van der Waals surface area contributed by atoms with Crippen LogP contribution >= 0.6 is 0 Å². The van der Waals surface area contributed by atoms with Gasteiger partial charge in [-0.2, -0.15) is 0 Å². The third-order valence-corrected chi connectivity index (χ3v) is 3.20. The van der Waals surface area contributed by atoms with Crippen molar-refractivity contribution in [1.29, 1.82) is 0 Å². The molecule has 0 amide bonds. The minimum absolute atomic E-state index is 0.205. The highest BCUT2D eigenvalue weighted by atomic mass is 19.1. The summed E-state index contributed by atoms with van der Waals surface area (Å²) in [6, 6.07) is 5.24. The monoisotopic (exact) mass is 238 g/mol. The molecule has 1 aliphatic heterocycles. The molecule has 0 aromatic heterocycles. The quantitative estimate of drug-likeness (QED) is 0.872. The topological polar surface area (TPSA) is 38.5 Å². The number of benzene rings is 1. The van der Waals surface area contributed by atoms with E-state index in [1.54, 1.807) is 12.1 Å². The number of ether oxygens (including phenoxy) is 1. The van der Waals surface area contributed by atoms with Crippen molar-refractivity contribution in [3.05, 3.63) is 29.6 Å². The van der Waals surface area contributed by atoms with E-state index in [1.165, 1.54) is 13.2 Å². The van der Waals surface area contributed by atoms with Crippen molar-refractivity contribution in [2.24, 2.45) is 5.73 Å². The number of nitrogens with zero attached hydrogens (tertiary/aromatic N) is 1. The number of methoxy groups -OCH3 is 1. The lowest BCUT2D eigenvalue weighted by molar-refractivity contribution is 0.199. The smallest absolute Gasteiger partial charge is 0.131 e. The van der Waals surface area contributed by atoms with Crippen LogP contribution in [0.15, 0.2) is 18.2 Å². The number of nitrogens with two attached hydrogens (primary N) is 1. The first-order valence-corrected chi connectivity index (χ1v) is 5.99. The Hall–Kier alpha value is -1.13. The normalized spacial score (nSPS) is 21.5. The van der Waals surface area contributed by atoms with E-state index in [4.69, 9.17) is 10.5 Å². The van der Waals surface area contributed by atoms with E-state index in [0.29, 0.717) is 17.9 Å².